The number of H-pyrrole nitrogens is 1. The van der Waals surface area contributed by atoms with Crippen molar-refractivity contribution in [1.82, 2.24) is 34.2 Å². The normalized spacial score (nSPS) is 18.6. The molecular formula is C19H20N10OS. The van der Waals surface area contributed by atoms with Gasteiger partial charge in [0.25, 0.3) is 0 Å². The summed E-state index contributed by atoms with van der Waals surface area (Å²) in [5.74, 6) is 2.34. The molecule has 2 aliphatic rings. The van der Waals surface area contributed by atoms with Crippen molar-refractivity contribution in [3.63, 3.8) is 0 Å². The first-order chi connectivity index (χ1) is 15.2. The number of rotatable bonds is 6. The van der Waals surface area contributed by atoms with E-state index < -0.39 is 0 Å². The Morgan fingerprint density at radius 1 is 1.29 bits per heavy atom. The molecule has 0 aromatic carbocycles. The maximum absolute atomic E-state index is 12.9. The summed E-state index contributed by atoms with van der Waals surface area (Å²) in [7, 11) is 0. The summed E-state index contributed by atoms with van der Waals surface area (Å²) in [6.07, 6.45) is 7.32. The molecule has 158 valence electrons. The second kappa shape index (κ2) is 7.30. The fourth-order valence-corrected chi connectivity index (χ4v) is 4.39. The van der Waals surface area contributed by atoms with Crippen molar-refractivity contribution in [3.8, 4) is 0 Å². The second-order valence-electron chi connectivity index (χ2n) is 7.79. The van der Waals surface area contributed by atoms with Crippen LogP contribution in [0.3, 0.4) is 0 Å². The van der Waals surface area contributed by atoms with Crippen LogP contribution in [0.5, 0.6) is 0 Å². The SMILES string of the molecule is O=C(Nc1ncns1)[C@@H]1CCCN1c1nc(Nc2cc(C3CC3)[nH]n2)c2cccn2n1. The van der Waals surface area contributed by atoms with E-state index in [0.717, 1.165) is 41.4 Å². The monoisotopic (exact) mass is 436 g/mol. The van der Waals surface area contributed by atoms with Crippen molar-refractivity contribution < 1.29 is 4.79 Å². The molecular weight excluding hydrogens is 416 g/mol. The lowest BCUT2D eigenvalue weighted by atomic mass is 10.2. The molecule has 1 saturated carbocycles. The van der Waals surface area contributed by atoms with Crippen LogP contribution in [0.25, 0.3) is 5.52 Å². The molecule has 0 spiro atoms. The number of aromatic nitrogens is 7. The van der Waals surface area contributed by atoms with Crippen molar-refractivity contribution in [2.75, 3.05) is 22.1 Å². The number of carbonyl (C=O) groups excluding carboxylic acids is 1. The zero-order valence-corrected chi connectivity index (χ0v) is 17.3. The molecule has 1 aliphatic heterocycles. The molecule has 0 radical (unpaired) electrons. The average molecular weight is 437 g/mol. The van der Waals surface area contributed by atoms with Crippen LogP contribution in [0.2, 0.25) is 0 Å². The zero-order valence-electron chi connectivity index (χ0n) is 16.5. The van der Waals surface area contributed by atoms with E-state index in [2.05, 4.69) is 35.3 Å². The van der Waals surface area contributed by atoms with Gasteiger partial charge in [-0.2, -0.15) is 14.5 Å². The molecule has 1 aliphatic carbocycles. The van der Waals surface area contributed by atoms with E-state index in [4.69, 9.17) is 4.98 Å². The summed E-state index contributed by atoms with van der Waals surface area (Å²) in [5.41, 5.74) is 1.99. The minimum Gasteiger partial charge on any atom is -0.327 e. The third-order valence-electron chi connectivity index (χ3n) is 5.64. The van der Waals surface area contributed by atoms with Gasteiger partial charge in [-0.25, -0.2) is 9.50 Å². The number of carbonyl (C=O) groups is 1. The lowest BCUT2D eigenvalue weighted by Gasteiger charge is -2.24. The summed E-state index contributed by atoms with van der Waals surface area (Å²) >= 11 is 1.16. The molecule has 1 saturated heterocycles. The summed E-state index contributed by atoms with van der Waals surface area (Å²) in [6.45, 7) is 0.703. The Morgan fingerprint density at radius 3 is 3.06 bits per heavy atom. The van der Waals surface area contributed by atoms with Gasteiger partial charge >= 0.3 is 0 Å². The van der Waals surface area contributed by atoms with Gasteiger partial charge in [0.05, 0.1) is 0 Å². The van der Waals surface area contributed by atoms with Crippen molar-refractivity contribution in [1.29, 1.82) is 0 Å². The Kier molecular flexibility index (Phi) is 4.30. The molecule has 5 heterocycles. The Morgan fingerprint density at radius 2 is 2.23 bits per heavy atom. The van der Waals surface area contributed by atoms with Gasteiger partial charge in [-0.05, 0) is 37.8 Å². The number of anilines is 4. The maximum atomic E-state index is 12.9. The fourth-order valence-electron chi connectivity index (χ4n) is 3.96. The van der Waals surface area contributed by atoms with Gasteiger partial charge in [0.1, 0.15) is 17.9 Å². The molecule has 6 rings (SSSR count). The maximum Gasteiger partial charge on any atom is 0.249 e. The summed E-state index contributed by atoms with van der Waals surface area (Å²) < 4.78 is 5.71. The van der Waals surface area contributed by atoms with E-state index in [1.807, 2.05) is 29.3 Å². The number of nitrogens with one attached hydrogen (secondary N) is 3. The summed E-state index contributed by atoms with van der Waals surface area (Å²) in [5, 5.41) is 18.8. The summed E-state index contributed by atoms with van der Waals surface area (Å²) in [6, 6.07) is 5.54. The number of fused-ring (bicyclic) bond motifs is 1. The Bertz CT molecular complexity index is 1230. The van der Waals surface area contributed by atoms with Gasteiger partial charge < -0.3 is 10.2 Å². The molecule has 12 heteroatoms. The smallest absolute Gasteiger partial charge is 0.249 e. The highest BCUT2D eigenvalue weighted by atomic mass is 32.1. The van der Waals surface area contributed by atoms with Gasteiger partial charge in [0.15, 0.2) is 11.6 Å². The highest BCUT2D eigenvalue weighted by molar-refractivity contribution is 7.09. The predicted molar refractivity (Wildman–Crippen MR) is 116 cm³/mol. The van der Waals surface area contributed by atoms with Crippen LogP contribution < -0.4 is 15.5 Å². The van der Waals surface area contributed by atoms with Gasteiger partial charge in [0.2, 0.25) is 17.0 Å². The number of nitrogens with zero attached hydrogens (tertiary/aromatic N) is 7. The van der Waals surface area contributed by atoms with Crippen LogP contribution in [-0.4, -0.2) is 52.6 Å². The van der Waals surface area contributed by atoms with E-state index in [1.165, 1.54) is 19.2 Å². The second-order valence-corrected chi connectivity index (χ2v) is 8.57. The van der Waals surface area contributed by atoms with Gasteiger partial charge in [0, 0.05) is 42.0 Å². The molecule has 11 nitrogen and oxygen atoms in total. The largest absolute Gasteiger partial charge is 0.327 e. The molecule has 4 aromatic heterocycles. The molecule has 31 heavy (non-hydrogen) atoms. The van der Waals surface area contributed by atoms with Crippen molar-refractivity contribution in [3.05, 3.63) is 36.4 Å². The van der Waals surface area contributed by atoms with Crippen molar-refractivity contribution in [2.45, 2.75) is 37.6 Å². The van der Waals surface area contributed by atoms with E-state index in [0.29, 0.717) is 29.4 Å². The Labute approximate surface area is 181 Å². The molecule has 0 unspecified atom stereocenters. The van der Waals surface area contributed by atoms with E-state index in [1.54, 1.807) is 4.52 Å². The molecule has 1 atom stereocenters. The predicted octanol–water partition coefficient (Wildman–Crippen LogP) is 2.53. The van der Waals surface area contributed by atoms with Gasteiger partial charge in [-0.1, -0.05) is 0 Å². The van der Waals surface area contributed by atoms with Crippen LogP contribution in [0, 0.1) is 0 Å². The summed E-state index contributed by atoms with van der Waals surface area (Å²) in [4.78, 5) is 23.6. The van der Waals surface area contributed by atoms with Crippen molar-refractivity contribution in [2.24, 2.45) is 0 Å². The van der Waals surface area contributed by atoms with E-state index in [9.17, 15) is 4.79 Å². The third-order valence-corrected chi connectivity index (χ3v) is 6.22. The van der Waals surface area contributed by atoms with Crippen LogP contribution in [0.1, 0.15) is 37.3 Å². The number of hydrogen-bond acceptors (Lipinski definition) is 9. The van der Waals surface area contributed by atoms with Crippen LogP contribution in [0.4, 0.5) is 22.7 Å². The number of hydrogen-bond donors (Lipinski definition) is 3. The first-order valence-corrected chi connectivity index (χ1v) is 11.0. The highest BCUT2D eigenvalue weighted by Crippen LogP contribution is 2.39. The lowest BCUT2D eigenvalue weighted by molar-refractivity contribution is -0.117. The topological polar surface area (TPSA) is 129 Å². The van der Waals surface area contributed by atoms with Crippen LogP contribution in [-0.2, 0) is 4.79 Å². The van der Waals surface area contributed by atoms with Gasteiger partial charge in [-0.3, -0.25) is 15.2 Å². The lowest BCUT2D eigenvalue weighted by Crippen LogP contribution is -2.40. The Balaban J connectivity index is 1.30. The molecule has 0 bridgehead atoms. The highest BCUT2D eigenvalue weighted by Gasteiger charge is 2.34. The number of aromatic amines is 1. The van der Waals surface area contributed by atoms with E-state index >= 15 is 0 Å². The number of amides is 1. The molecule has 3 N–H and O–H groups in total. The van der Waals surface area contributed by atoms with E-state index in [-0.39, 0.29) is 11.9 Å². The van der Waals surface area contributed by atoms with Crippen LogP contribution >= 0.6 is 11.5 Å². The standard InChI is InChI=1S/C19H20N10OS/c30-17(24-19-20-10-21-31-19)14-4-1-7-28(14)18-23-16(13-3-2-8-29(13)27-18)22-15-9-12(25-26-15)11-5-6-11/h2-3,8-11,14H,1,4-7H2,(H,20,21,24,30)(H2,22,23,25,26,27)/t14-/m0/s1. The molecule has 1 amide bonds. The molecule has 2 fully saturated rings. The first kappa shape index (κ1) is 18.2. The first-order valence-electron chi connectivity index (χ1n) is 10.3. The van der Waals surface area contributed by atoms with Gasteiger partial charge in [-0.15, -0.1) is 5.10 Å². The van der Waals surface area contributed by atoms with Crippen molar-refractivity contribution >= 4 is 45.7 Å². The quantitative estimate of drug-likeness (QED) is 0.421. The third kappa shape index (κ3) is 3.48. The molecule has 4 aromatic rings. The minimum atomic E-state index is -0.364. The average Bonchev–Trinajstić information content (AvgIpc) is 3.27. The van der Waals surface area contributed by atoms with Crippen LogP contribution in [0.15, 0.2) is 30.7 Å². The fraction of sp³-hybridized carbons (Fsp3) is 0.368. The Hall–Kier alpha value is -3.54. The minimum absolute atomic E-state index is 0.124. The zero-order chi connectivity index (χ0) is 20.8.